The van der Waals surface area contributed by atoms with Crippen molar-refractivity contribution in [2.45, 2.75) is 75.7 Å². The van der Waals surface area contributed by atoms with Gasteiger partial charge in [-0.25, -0.2) is 9.59 Å². The van der Waals surface area contributed by atoms with Crippen molar-refractivity contribution in [3.63, 3.8) is 0 Å². The predicted molar refractivity (Wildman–Crippen MR) is 144 cm³/mol. The molecule has 1 N–H and O–H groups in total. The number of piperidine rings is 1. The molecule has 2 heterocycles. The average Bonchev–Trinajstić information content (AvgIpc) is 3.29. The molecule has 2 aliphatic carbocycles. The van der Waals surface area contributed by atoms with Crippen molar-refractivity contribution in [2.75, 3.05) is 33.9 Å². The summed E-state index contributed by atoms with van der Waals surface area (Å²) in [5.41, 5.74) is -0.131. The lowest BCUT2D eigenvalue weighted by molar-refractivity contribution is -0.176. The van der Waals surface area contributed by atoms with Gasteiger partial charge in [0.05, 0.1) is 31.2 Å². The van der Waals surface area contributed by atoms with Crippen LogP contribution < -0.4 is 9.47 Å². The number of hydrogen-bond acceptors (Lipinski definition) is 12. The summed E-state index contributed by atoms with van der Waals surface area (Å²) < 4.78 is 32.8. The molecule has 1 spiro atoms. The van der Waals surface area contributed by atoms with Crippen LogP contribution in [0.4, 0.5) is 0 Å². The summed E-state index contributed by atoms with van der Waals surface area (Å²) in [5.74, 6) is -2.20. The number of rotatable bonds is 10. The zero-order valence-corrected chi connectivity index (χ0v) is 24.5. The van der Waals surface area contributed by atoms with Crippen LogP contribution in [-0.4, -0.2) is 91.7 Å². The molecule has 5 rings (SSSR count). The molecule has 2 aliphatic heterocycles. The van der Waals surface area contributed by atoms with Gasteiger partial charge in [-0.1, -0.05) is 19.9 Å². The highest BCUT2D eigenvalue weighted by Gasteiger charge is 2.72. The molecule has 12 heteroatoms. The number of likely N-dealkylation sites (N-methyl/N-ethyl adjacent to an activating group) is 1. The van der Waals surface area contributed by atoms with Gasteiger partial charge in [0.25, 0.3) is 0 Å². The third kappa shape index (κ3) is 4.90. The molecule has 1 aromatic rings. The Morgan fingerprint density at radius 2 is 1.93 bits per heavy atom. The van der Waals surface area contributed by atoms with E-state index in [0.717, 1.165) is 18.1 Å². The molecule has 0 radical (unpaired) electrons. The highest BCUT2D eigenvalue weighted by molar-refractivity contribution is 5.86. The Morgan fingerprint density at radius 3 is 2.62 bits per heavy atom. The van der Waals surface area contributed by atoms with Crippen molar-refractivity contribution in [1.82, 2.24) is 4.90 Å². The molecule has 42 heavy (non-hydrogen) atoms. The lowest BCUT2D eigenvalue weighted by Gasteiger charge is -2.61. The van der Waals surface area contributed by atoms with Crippen molar-refractivity contribution >= 4 is 23.9 Å². The minimum absolute atomic E-state index is 0.0937. The molecule has 12 nitrogen and oxygen atoms in total. The predicted octanol–water partition coefficient (Wildman–Crippen LogP) is 1.58. The van der Waals surface area contributed by atoms with Crippen molar-refractivity contribution < 1.29 is 52.7 Å². The SMILES string of the molecule is COc1ccc2c3c1O[C@H]1C(OC(=O)C[C@H](OC(C)=O)C(=O)OCC(=O)OCC(C)C)=CC[C@@]4(O)[C@@H](C2)N(C)CCC314. The fraction of sp³-hybridized carbons (Fsp3) is 0.600. The summed E-state index contributed by atoms with van der Waals surface area (Å²) in [5, 5.41) is 12.3. The van der Waals surface area contributed by atoms with Crippen molar-refractivity contribution in [1.29, 1.82) is 0 Å². The number of nitrogens with zero attached hydrogens (tertiary/aromatic N) is 1. The van der Waals surface area contributed by atoms with Gasteiger partial charge in [0.1, 0.15) is 5.76 Å². The molecule has 2 bridgehead atoms. The van der Waals surface area contributed by atoms with Gasteiger partial charge in [0, 0.05) is 24.9 Å². The number of carbonyl (C=O) groups excluding carboxylic acids is 4. The highest BCUT2D eigenvalue weighted by atomic mass is 16.6. The largest absolute Gasteiger partial charge is 0.493 e. The van der Waals surface area contributed by atoms with Crippen LogP contribution in [-0.2, 0) is 50.0 Å². The van der Waals surface area contributed by atoms with Crippen LogP contribution in [0.15, 0.2) is 24.0 Å². The number of methoxy groups -OCH3 is 1. The molecule has 4 aliphatic rings. The average molecular weight is 588 g/mol. The van der Waals surface area contributed by atoms with Gasteiger partial charge in [-0.05, 0) is 50.1 Å². The van der Waals surface area contributed by atoms with Gasteiger partial charge in [-0.15, -0.1) is 0 Å². The summed E-state index contributed by atoms with van der Waals surface area (Å²) in [6, 6.07) is 3.66. The zero-order valence-electron chi connectivity index (χ0n) is 24.5. The molecule has 0 aromatic heterocycles. The quantitative estimate of drug-likeness (QED) is 0.313. The van der Waals surface area contributed by atoms with E-state index in [4.69, 9.17) is 28.4 Å². The molecule has 5 atom stereocenters. The second-order valence-electron chi connectivity index (χ2n) is 11.7. The minimum Gasteiger partial charge on any atom is -0.493 e. The first-order chi connectivity index (χ1) is 19.9. The second kappa shape index (κ2) is 11.2. The van der Waals surface area contributed by atoms with Gasteiger partial charge in [0.15, 0.2) is 24.2 Å². The molecule has 1 saturated heterocycles. The third-order valence-corrected chi connectivity index (χ3v) is 8.62. The zero-order chi connectivity index (χ0) is 30.4. The summed E-state index contributed by atoms with van der Waals surface area (Å²) in [6.07, 6.45) is -0.0577. The lowest BCUT2D eigenvalue weighted by Crippen LogP contribution is -2.74. The summed E-state index contributed by atoms with van der Waals surface area (Å²) >= 11 is 0. The van der Waals surface area contributed by atoms with Crippen LogP contribution in [0.1, 0.15) is 51.2 Å². The Balaban J connectivity index is 1.35. The van der Waals surface area contributed by atoms with Gasteiger partial charge >= 0.3 is 23.9 Å². The van der Waals surface area contributed by atoms with Gasteiger partial charge in [-0.3, -0.25) is 9.59 Å². The van der Waals surface area contributed by atoms with Crippen LogP contribution in [0.5, 0.6) is 11.5 Å². The fourth-order valence-corrected chi connectivity index (χ4v) is 6.81. The first-order valence-electron chi connectivity index (χ1n) is 14.1. The van der Waals surface area contributed by atoms with Crippen molar-refractivity contribution in [3.8, 4) is 11.5 Å². The van der Waals surface area contributed by atoms with E-state index in [2.05, 4.69) is 4.90 Å². The summed E-state index contributed by atoms with van der Waals surface area (Å²) in [7, 11) is 3.54. The van der Waals surface area contributed by atoms with E-state index in [-0.39, 0.29) is 30.7 Å². The van der Waals surface area contributed by atoms with Crippen LogP contribution in [0.3, 0.4) is 0 Å². The second-order valence-corrected chi connectivity index (χ2v) is 11.7. The Labute approximate surface area is 243 Å². The van der Waals surface area contributed by atoms with Crippen LogP contribution in [0.2, 0.25) is 0 Å². The maximum atomic E-state index is 13.2. The lowest BCUT2D eigenvalue weighted by atomic mass is 9.50. The van der Waals surface area contributed by atoms with E-state index >= 15 is 0 Å². The molecule has 0 amide bonds. The Hall–Kier alpha value is -3.64. The molecule has 228 valence electrons. The first-order valence-corrected chi connectivity index (χ1v) is 14.1. The summed E-state index contributed by atoms with van der Waals surface area (Å²) in [6.45, 7) is 4.95. The topological polar surface area (TPSA) is 147 Å². The van der Waals surface area contributed by atoms with Crippen LogP contribution >= 0.6 is 0 Å². The smallest absolute Gasteiger partial charge is 0.348 e. The van der Waals surface area contributed by atoms with E-state index in [1.807, 2.05) is 33.0 Å². The van der Waals surface area contributed by atoms with Gasteiger partial charge < -0.3 is 38.4 Å². The number of esters is 4. The monoisotopic (exact) mass is 587 g/mol. The minimum atomic E-state index is -1.64. The normalized spacial score (nSPS) is 27.6. The third-order valence-electron chi connectivity index (χ3n) is 8.62. The number of carbonyl (C=O) groups is 4. The van der Waals surface area contributed by atoms with E-state index < -0.39 is 60.1 Å². The van der Waals surface area contributed by atoms with Gasteiger partial charge in [0.2, 0.25) is 6.10 Å². The van der Waals surface area contributed by atoms with Crippen LogP contribution in [0.25, 0.3) is 0 Å². The van der Waals surface area contributed by atoms with E-state index in [1.165, 1.54) is 0 Å². The van der Waals surface area contributed by atoms with E-state index in [0.29, 0.717) is 30.9 Å². The molecule has 1 fully saturated rings. The highest BCUT2D eigenvalue weighted by Crippen LogP contribution is 2.65. The fourth-order valence-electron chi connectivity index (χ4n) is 6.81. The number of hydrogen-bond donors (Lipinski definition) is 1. The molecule has 1 aromatic carbocycles. The standard InChI is InChI=1S/C30H37NO11/c1-16(2)14-38-24(34)15-39-28(35)21(40-17(3)32)13-23(33)41-20-8-9-30(36)22-12-18-6-7-19(37-5)26-25(18)29(30,27(20)42-26)10-11-31(22)4/h6-8,16,21-22,27,36H,9-15H2,1-5H3/t21-,22+,27-,29?,30+/m0/s1. The Bertz CT molecular complexity index is 1320. The molecule has 0 saturated carbocycles. The van der Waals surface area contributed by atoms with E-state index in [1.54, 1.807) is 13.2 Å². The summed E-state index contributed by atoms with van der Waals surface area (Å²) in [4.78, 5) is 51.5. The Kier molecular flexibility index (Phi) is 7.97. The molecule has 1 unspecified atom stereocenters. The maximum Gasteiger partial charge on any atom is 0.348 e. The van der Waals surface area contributed by atoms with E-state index in [9.17, 15) is 24.3 Å². The number of ether oxygens (including phenoxy) is 6. The number of benzene rings is 1. The number of aliphatic hydroxyl groups is 1. The Morgan fingerprint density at radius 1 is 1.17 bits per heavy atom. The molecular weight excluding hydrogens is 550 g/mol. The van der Waals surface area contributed by atoms with Gasteiger partial charge in [-0.2, -0.15) is 0 Å². The number of likely N-dealkylation sites (tertiary alicyclic amines) is 1. The van der Waals surface area contributed by atoms with Crippen LogP contribution in [0, 0.1) is 5.92 Å². The molecular formula is C30H37NO11. The maximum absolute atomic E-state index is 13.2. The first kappa shape index (κ1) is 29.8. The van der Waals surface area contributed by atoms with Crippen molar-refractivity contribution in [3.05, 3.63) is 35.1 Å². The van der Waals surface area contributed by atoms with Crippen molar-refractivity contribution in [2.24, 2.45) is 5.92 Å².